The van der Waals surface area contributed by atoms with Gasteiger partial charge in [-0.3, -0.25) is 19.5 Å². The molecule has 2 N–H and O–H groups in total. The molecule has 216 valence electrons. The van der Waals surface area contributed by atoms with E-state index in [0.717, 1.165) is 10.8 Å². The lowest BCUT2D eigenvalue weighted by Gasteiger charge is -2.19. The second kappa shape index (κ2) is 14.0. The molecule has 1 aliphatic carbocycles. The van der Waals surface area contributed by atoms with Gasteiger partial charge in [0, 0.05) is 41.7 Å². The van der Waals surface area contributed by atoms with Gasteiger partial charge >= 0.3 is 0 Å². The van der Waals surface area contributed by atoms with Crippen molar-refractivity contribution in [1.82, 2.24) is 24.5 Å². The molecule has 1 aliphatic heterocycles. The Morgan fingerprint density at radius 2 is 2.20 bits per heavy atom. The lowest BCUT2D eigenvalue weighted by Crippen LogP contribution is -2.31. The predicted molar refractivity (Wildman–Crippen MR) is 154 cm³/mol. The van der Waals surface area contributed by atoms with E-state index in [4.69, 9.17) is 9.47 Å². The number of rotatable bonds is 13. The van der Waals surface area contributed by atoms with Crippen molar-refractivity contribution in [3.63, 3.8) is 0 Å². The molecular weight excluding hydrogens is 570 g/mol. The largest absolute Gasteiger partial charge is 0.394 e. The summed E-state index contributed by atoms with van der Waals surface area (Å²) in [7, 11) is 3.22. The van der Waals surface area contributed by atoms with Gasteiger partial charge in [-0.05, 0) is 29.3 Å². The van der Waals surface area contributed by atoms with Crippen molar-refractivity contribution in [1.29, 1.82) is 0 Å². The van der Waals surface area contributed by atoms with E-state index in [1.54, 1.807) is 56.9 Å². The SMILES string of the molecule is O=C(CCCSSc1ccccn1)Nc1ncnc2c1ncn2[C@H]1C[C@@H](OCC2=CC=CCC2[N+](=O)[O-])C(CO)O1. The Balaban J connectivity index is 1.16. The van der Waals surface area contributed by atoms with Crippen molar-refractivity contribution in [3.05, 3.63) is 71.0 Å². The van der Waals surface area contributed by atoms with E-state index in [-0.39, 0.29) is 24.0 Å². The van der Waals surface area contributed by atoms with Crippen LogP contribution in [0, 0.1) is 10.1 Å². The van der Waals surface area contributed by atoms with Crippen LogP contribution in [0.25, 0.3) is 11.2 Å². The maximum atomic E-state index is 12.6. The quantitative estimate of drug-likeness (QED) is 0.127. The number of aromatic nitrogens is 5. The number of carbonyl (C=O) groups is 1. The zero-order valence-corrected chi connectivity index (χ0v) is 23.6. The second-order valence-electron chi connectivity index (χ2n) is 9.37. The molecule has 0 bridgehead atoms. The molecule has 41 heavy (non-hydrogen) atoms. The van der Waals surface area contributed by atoms with Crippen LogP contribution in [0.4, 0.5) is 5.82 Å². The van der Waals surface area contributed by atoms with Crippen LogP contribution < -0.4 is 5.32 Å². The zero-order chi connectivity index (χ0) is 28.6. The van der Waals surface area contributed by atoms with E-state index in [1.165, 1.54) is 6.33 Å². The highest BCUT2D eigenvalue weighted by molar-refractivity contribution is 8.76. The van der Waals surface area contributed by atoms with E-state index in [0.29, 0.717) is 48.2 Å². The molecule has 1 amide bonds. The Morgan fingerprint density at radius 1 is 1.29 bits per heavy atom. The molecule has 2 aliphatic rings. The highest BCUT2D eigenvalue weighted by Gasteiger charge is 2.38. The van der Waals surface area contributed by atoms with Crippen LogP contribution in [0.5, 0.6) is 0 Å². The van der Waals surface area contributed by atoms with Crippen LogP contribution >= 0.6 is 21.6 Å². The molecule has 0 radical (unpaired) electrons. The molecule has 4 heterocycles. The van der Waals surface area contributed by atoms with Gasteiger partial charge in [0.2, 0.25) is 11.9 Å². The molecule has 0 saturated carbocycles. The topological polar surface area (TPSA) is 167 Å². The lowest BCUT2D eigenvalue weighted by atomic mass is 10.0. The minimum Gasteiger partial charge on any atom is -0.394 e. The number of hydrogen-bond donors (Lipinski definition) is 2. The van der Waals surface area contributed by atoms with Crippen LogP contribution in [-0.4, -0.2) is 77.7 Å². The zero-order valence-electron chi connectivity index (χ0n) is 21.9. The average molecular weight is 600 g/mol. The Bertz CT molecular complexity index is 1420. The number of hydrogen-bond acceptors (Lipinski definition) is 12. The van der Waals surface area contributed by atoms with Crippen molar-refractivity contribution in [2.24, 2.45) is 0 Å². The first-order valence-corrected chi connectivity index (χ1v) is 15.4. The number of ether oxygens (including phenoxy) is 2. The number of aliphatic hydroxyl groups is 1. The number of pyridine rings is 1. The molecule has 4 atom stereocenters. The molecule has 3 aromatic heterocycles. The number of fused-ring (bicyclic) bond motifs is 1. The monoisotopic (exact) mass is 599 g/mol. The molecule has 5 rings (SSSR count). The number of allylic oxidation sites excluding steroid dienone is 2. The van der Waals surface area contributed by atoms with E-state index in [9.17, 15) is 20.0 Å². The van der Waals surface area contributed by atoms with Crippen LogP contribution in [0.15, 0.2) is 65.9 Å². The molecule has 2 unspecified atom stereocenters. The van der Waals surface area contributed by atoms with Gasteiger partial charge in [0.25, 0.3) is 0 Å². The predicted octanol–water partition coefficient (Wildman–Crippen LogP) is 3.58. The van der Waals surface area contributed by atoms with Crippen LogP contribution in [0.3, 0.4) is 0 Å². The van der Waals surface area contributed by atoms with Gasteiger partial charge in [0.05, 0.1) is 25.6 Å². The summed E-state index contributed by atoms with van der Waals surface area (Å²) in [4.78, 5) is 40.9. The first-order valence-electron chi connectivity index (χ1n) is 13.1. The number of aliphatic hydroxyl groups excluding tert-OH is 1. The van der Waals surface area contributed by atoms with Gasteiger partial charge in [-0.15, -0.1) is 0 Å². The summed E-state index contributed by atoms with van der Waals surface area (Å²) in [6.45, 7) is -0.211. The second-order valence-corrected chi connectivity index (χ2v) is 11.8. The van der Waals surface area contributed by atoms with Gasteiger partial charge in [-0.2, -0.15) is 0 Å². The maximum Gasteiger partial charge on any atom is 0.240 e. The van der Waals surface area contributed by atoms with E-state index >= 15 is 0 Å². The van der Waals surface area contributed by atoms with Gasteiger partial charge in [0.1, 0.15) is 23.7 Å². The summed E-state index contributed by atoms with van der Waals surface area (Å²) in [6, 6.07) is 4.93. The normalized spacial score (nSPS) is 22.1. The molecule has 3 aromatic rings. The highest BCUT2D eigenvalue weighted by atomic mass is 33.1. The van der Waals surface area contributed by atoms with Gasteiger partial charge in [-0.25, -0.2) is 19.9 Å². The number of nitrogens with zero attached hydrogens (tertiary/aromatic N) is 6. The first-order chi connectivity index (χ1) is 20.0. The number of amides is 1. The van der Waals surface area contributed by atoms with E-state index in [1.807, 2.05) is 18.2 Å². The number of nitrogens with one attached hydrogen (secondary N) is 1. The van der Waals surface area contributed by atoms with Crippen molar-refractivity contribution < 1.29 is 24.3 Å². The standard InChI is InChI=1S/C26H29N7O6S2/c34-13-20-19(38-14-17-6-1-2-7-18(17)33(36)37)12-23(39-20)32-16-30-24-25(28-15-29-26(24)32)31-21(35)8-5-11-40-41-22-9-3-4-10-27-22/h1-4,6,9-10,15-16,18-20,23,34H,5,7-8,11-14H2,(H,28,29,31,35)/t18?,19-,20?,23-/m1/s1. The summed E-state index contributed by atoms with van der Waals surface area (Å²) in [5.41, 5.74) is 1.46. The third kappa shape index (κ3) is 7.29. The summed E-state index contributed by atoms with van der Waals surface area (Å²) in [6.07, 6.45) is 9.96. The van der Waals surface area contributed by atoms with Gasteiger partial charge < -0.3 is 19.9 Å². The molecule has 1 saturated heterocycles. The van der Waals surface area contributed by atoms with E-state index < -0.39 is 24.5 Å². The minimum absolute atomic E-state index is 0.0661. The van der Waals surface area contributed by atoms with Crippen molar-refractivity contribution >= 4 is 44.5 Å². The van der Waals surface area contributed by atoms with Crippen LogP contribution in [-0.2, 0) is 14.3 Å². The van der Waals surface area contributed by atoms with Crippen LogP contribution in [0.1, 0.15) is 31.9 Å². The first kappa shape index (κ1) is 29.1. The Labute approximate surface area is 243 Å². The van der Waals surface area contributed by atoms with Crippen molar-refractivity contribution in [2.75, 3.05) is 24.3 Å². The fraction of sp³-hybridized carbons (Fsp3) is 0.423. The third-order valence-corrected chi connectivity index (χ3v) is 9.00. The molecule has 0 aromatic carbocycles. The fourth-order valence-electron chi connectivity index (χ4n) is 4.58. The number of nitro groups is 1. The fourth-order valence-corrected chi connectivity index (χ4v) is 6.55. The van der Waals surface area contributed by atoms with Crippen molar-refractivity contribution in [3.8, 4) is 0 Å². The minimum atomic E-state index is -0.821. The summed E-state index contributed by atoms with van der Waals surface area (Å²) in [5, 5.41) is 25.1. The molecule has 1 fully saturated rings. The smallest absolute Gasteiger partial charge is 0.240 e. The molecular formula is C26H29N7O6S2. The lowest BCUT2D eigenvalue weighted by molar-refractivity contribution is -0.512. The molecule has 13 nitrogen and oxygen atoms in total. The summed E-state index contributed by atoms with van der Waals surface area (Å²) < 4.78 is 13.8. The summed E-state index contributed by atoms with van der Waals surface area (Å²) in [5.74, 6) is 0.924. The van der Waals surface area contributed by atoms with Gasteiger partial charge in [0.15, 0.2) is 17.0 Å². The van der Waals surface area contributed by atoms with Gasteiger partial charge in [-0.1, -0.05) is 35.1 Å². The number of anilines is 1. The number of imidazole rings is 1. The number of carbonyl (C=O) groups excluding carboxylic acids is 1. The highest BCUT2D eigenvalue weighted by Crippen LogP contribution is 2.34. The maximum absolute atomic E-state index is 12.6. The van der Waals surface area contributed by atoms with Crippen LogP contribution in [0.2, 0.25) is 0 Å². The van der Waals surface area contributed by atoms with Crippen molar-refractivity contribution in [2.45, 2.75) is 55.2 Å². The third-order valence-electron chi connectivity index (χ3n) is 6.65. The average Bonchev–Trinajstić information content (AvgIpc) is 3.61. The Kier molecular flexibility index (Phi) is 9.95. The Morgan fingerprint density at radius 3 is 3.00 bits per heavy atom. The van der Waals surface area contributed by atoms with E-state index in [2.05, 4.69) is 25.3 Å². The molecule has 15 heteroatoms. The Hall–Kier alpha value is -3.37. The molecule has 0 spiro atoms. The summed E-state index contributed by atoms with van der Waals surface area (Å²) >= 11 is 0.